The van der Waals surface area contributed by atoms with E-state index >= 15 is 0 Å². The van der Waals surface area contributed by atoms with Gasteiger partial charge in [-0.05, 0) is 49.2 Å². The fourth-order valence-corrected chi connectivity index (χ4v) is 4.57. The van der Waals surface area contributed by atoms with E-state index in [1.165, 1.54) is 5.56 Å². The van der Waals surface area contributed by atoms with Crippen molar-refractivity contribution in [1.29, 1.82) is 0 Å². The largest absolute Gasteiger partial charge is 0.493 e. The molecule has 0 unspecified atom stereocenters. The van der Waals surface area contributed by atoms with Crippen molar-refractivity contribution in [2.75, 3.05) is 50.1 Å². The molecule has 1 saturated heterocycles. The lowest BCUT2D eigenvalue weighted by Crippen LogP contribution is -2.44. The number of rotatable bonds is 4. The Morgan fingerprint density at radius 1 is 1.06 bits per heavy atom. The number of nitrogens with zero attached hydrogens (tertiary/aromatic N) is 5. The Labute approximate surface area is 192 Å². The van der Waals surface area contributed by atoms with E-state index in [0.29, 0.717) is 5.95 Å². The first-order valence-corrected chi connectivity index (χ1v) is 11.5. The number of H-pyrrole nitrogens is 1. The predicted molar refractivity (Wildman–Crippen MR) is 130 cm³/mol. The molecule has 3 aromatic heterocycles. The summed E-state index contributed by atoms with van der Waals surface area (Å²) in [6, 6.07) is 10.4. The third-order valence-corrected chi connectivity index (χ3v) is 6.48. The molecule has 2 N–H and O–H groups in total. The number of piperazine rings is 1. The van der Waals surface area contributed by atoms with E-state index in [0.717, 1.165) is 85.0 Å². The summed E-state index contributed by atoms with van der Waals surface area (Å²) in [4.78, 5) is 21.8. The summed E-state index contributed by atoms with van der Waals surface area (Å²) in [5, 5.41) is 4.34. The molecule has 1 fully saturated rings. The van der Waals surface area contributed by atoms with Crippen LogP contribution in [0.15, 0.2) is 48.9 Å². The standard InChI is InChI=1S/C25H27N7O/c1-31-8-10-32(11-9-31)23-14-19(6-7-26-23)29-25-28-16-21-20(15-27-24(21)30-25)17-4-5-22-18(13-17)3-2-12-33-22/h4-7,13-16H,2-3,8-12H2,1H3,(H2,26,27,28,29,30). The van der Waals surface area contributed by atoms with Crippen molar-refractivity contribution in [3.63, 3.8) is 0 Å². The van der Waals surface area contributed by atoms with Gasteiger partial charge in [-0.3, -0.25) is 0 Å². The molecule has 8 heteroatoms. The first-order valence-electron chi connectivity index (χ1n) is 11.5. The predicted octanol–water partition coefficient (Wildman–Crippen LogP) is 3.84. The van der Waals surface area contributed by atoms with Gasteiger partial charge in [0, 0.05) is 67.5 Å². The molecule has 0 atom stereocenters. The topological polar surface area (TPSA) is 82.2 Å². The smallest absolute Gasteiger partial charge is 0.229 e. The van der Waals surface area contributed by atoms with Crippen LogP contribution in [0.4, 0.5) is 17.5 Å². The first-order chi connectivity index (χ1) is 16.2. The minimum absolute atomic E-state index is 0.560. The quantitative estimate of drug-likeness (QED) is 0.498. The molecule has 5 heterocycles. The lowest BCUT2D eigenvalue weighted by atomic mass is 9.99. The van der Waals surface area contributed by atoms with Crippen molar-refractivity contribution >= 4 is 28.5 Å². The van der Waals surface area contributed by atoms with Gasteiger partial charge < -0.3 is 24.8 Å². The number of ether oxygens (including phenoxy) is 1. The molecule has 1 aromatic carbocycles. The Balaban J connectivity index is 1.24. The number of aromatic amines is 1. The van der Waals surface area contributed by atoms with Crippen molar-refractivity contribution in [1.82, 2.24) is 24.8 Å². The van der Waals surface area contributed by atoms with E-state index in [1.807, 2.05) is 24.7 Å². The SMILES string of the molecule is CN1CCN(c2cc(Nc3ncc4c(-c5ccc6c(c5)CCCO6)c[nH]c4n3)ccn2)CC1. The van der Waals surface area contributed by atoms with Crippen LogP contribution in [-0.4, -0.2) is 64.7 Å². The molecule has 6 rings (SSSR count). The van der Waals surface area contributed by atoms with Gasteiger partial charge in [-0.15, -0.1) is 0 Å². The minimum atomic E-state index is 0.560. The Kier molecular flexibility index (Phi) is 5.07. The van der Waals surface area contributed by atoms with Crippen molar-refractivity contribution in [3.8, 4) is 16.9 Å². The lowest BCUT2D eigenvalue weighted by Gasteiger charge is -2.33. The third kappa shape index (κ3) is 3.98. The lowest BCUT2D eigenvalue weighted by molar-refractivity contribution is 0.288. The van der Waals surface area contributed by atoms with Gasteiger partial charge in [0.15, 0.2) is 0 Å². The number of hydrogen-bond donors (Lipinski definition) is 2. The maximum absolute atomic E-state index is 5.76. The molecule has 33 heavy (non-hydrogen) atoms. The van der Waals surface area contributed by atoms with Crippen LogP contribution < -0.4 is 15.0 Å². The van der Waals surface area contributed by atoms with Crippen LogP contribution in [0.2, 0.25) is 0 Å². The molecule has 0 bridgehead atoms. The third-order valence-electron chi connectivity index (χ3n) is 6.48. The van der Waals surface area contributed by atoms with E-state index in [1.54, 1.807) is 0 Å². The van der Waals surface area contributed by atoms with Gasteiger partial charge in [0.1, 0.15) is 17.2 Å². The van der Waals surface area contributed by atoms with Crippen LogP contribution in [0.25, 0.3) is 22.2 Å². The number of anilines is 3. The molecular weight excluding hydrogens is 414 g/mol. The Hall–Kier alpha value is -3.65. The van der Waals surface area contributed by atoms with E-state index in [-0.39, 0.29) is 0 Å². The van der Waals surface area contributed by atoms with Crippen LogP contribution in [0, 0.1) is 0 Å². The van der Waals surface area contributed by atoms with Gasteiger partial charge in [0.2, 0.25) is 5.95 Å². The number of hydrogen-bond acceptors (Lipinski definition) is 7. The van der Waals surface area contributed by atoms with Gasteiger partial charge in [0.25, 0.3) is 0 Å². The van der Waals surface area contributed by atoms with Crippen molar-refractivity contribution in [2.24, 2.45) is 0 Å². The zero-order chi connectivity index (χ0) is 22.2. The maximum atomic E-state index is 5.76. The van der Waals surface area contributed by atoms with Gasteiger partial charge in [-0.1, -0.05) is 6.07 Å². The van der Waals surface area contributed by atoms with Crippen molar-refractivity contribution in [2.45, 2.75) is 12.8 Å². The number of fused-ring (bicyclic) bond motifs is 2. The highest BCUT2D eigenvalue weighted by molar-refractivity contribution is 5.93. The van der Waals surface area contributed by atoms with Crippen LogP contribution in [0.3, 0.4) is 0 Å². The number of pyridine rings is 1. The Bertz CT molecular complexity index is 1290. The zero-order valence-corrected chi connectivity index (χ0v) is 18.7. The fraction of sp³-hybridized carbons (Fsp3) is 0.320. The maximum Gasteiger partial charge on any atom is 0.229 e. The molecule has 0 aliphatic carbocycles. The molecule has 0 spiro atoms. The minimum Gasteiger partial charge on any atom is -0.493 e. The zero-order valence-electron chi connectivity index (χ0n) is 18.7. The summed E-state index contributed by atoms with van der Waals surface area (Å²) in [7, 11) is 2.16. The molecule has 8 nitrogen and oxygen atoms in total. The monoisotopic (exact) mass is 441 g/mol. The summed E-state index contributed by atoms with van der Waals surface area (Å²) < 4.78 is 5.76. The van der Waals surface area contributed by atoms with Crippen molar-refractivity contribution < 1.29 is 4.74 Å². The second-order valence-electron chi connectivity index (χ2n) is 8.75. The molecule has 2 aliphatic rings. The normalized spacial score (nSPS) is 16.5. The van der Waals surface area contributed by atoms with E-state index in [2.05, 4.69) is 61.4 Å². The number of aryl methyl sites for hydroxylation is 1. The number of aromatic nitrogens is 4. The Morgan fingerprint density at radius 2 is 1.97 bits per heavy atom. The highest BCUT2D eigenvalue weighted by Gasteiger charge is 2.17. The first kappa shape index (κ1) is 20.0. The highest BCUT2D eigenvalue weighted by atomic mass is 16.5. The fourth-order valence-electron chi connectivity index (χ4n) is 4.57. The van der Waals surface area contributed by atoms with Crippen LogP contribution in [-0.2, 0) is 6.42 Å². The van der Waals surface area contributed by atoms with Crippen LogP contribution in [0.5, 0.6) is 5.75 Å². The molecule has 0 radical (unpaired) electrons. The number of likely N-dealkylation sites (N-methyl/N-ethyl adjacent to an activating group) is 1. The van der Waals surface area contributed by atoms with E-state index in [9.17, 15) is 0 Å². The average molecular weight is 442 g/mol. The van der Waals surface area contributed by atoms with Gasteiger partial charge >= 0.3 is 0 Å². The van der Waals surface area contributed by atoms with Crippen LogP contribution in [0.1, 0.15) is 12.0 Å². The number of benzene rings is 1. The molecule has 4 aromatic rings. The average Bonchev–Trinajstić information content (AvgIpc) is 3.28. The molecule has 0 amide bonds. The highest BCUT2D eigenvalue weighted by Crippen LogP contribution is 2.33. The van der Waals surface area contributed by atoms with E-state index in [4.69, 9.17) is 9.72 Å². The summed E-state index contributed by atoms with van der Waals surface area (Å²) in [6.07, 6.45) is 7.84. The summed E-state index contributed by atoms with van der Waals surface area (Å²) in [5.74, 6) is 2.54. The van der Waals surface area contributed by atoms with Gasteiger partial charge in [0.05, 0.1) is 6.61 Å². The van der Waals surface area contributed by atoms with Crippen LogP contribution >= 0.6 is 0 Å². The molecule has 2 aliphatic heterocycles. The number of nitrogens with one attached hydrogen (secondary N) is 2. The van der Waals surface area contributed by atoms with Crippen molar-refractivity contribution in [3.05, 3.63) is 54.5 Å². The molecular formula is C25H27N7O. The summed E-state index contributed by atoms with van der Waals surface area (Å²) in [5.41, 5.74) is 5.26. The molecule has 0 saturated carbocycles. The second-order valence-corrected chi connectivity index (χ2v) is 8.75. The van der Waals surface area contributed by atoms with Gasteiger partial charge in [-0.25, -0.2) is 9.97 Å². The Morgan fingerprint density at radius 3 is 2.88 bits per heavy atom. The second kappa shape index (κ2) is 8.37. The van der Waals surface area contributed by atoms with Gasteiger partial charge in [-0.2, -0.15) is 4.98 Å². The summed E-state index contributed by atoms with van der Waals surface area (Å²) >= 11 is 0. The summed E-state index contributed by atoms with van der Waals surface area (Å²) in [6.45, 7) is 4.86. The van der Waals surface area contributed by atoms with E-state index < -0.39 is 0 Å². The molecule has 168 valence electrons.